The predicted molar refractivity (Wildman–Crippen MR) is 92.8 cm³/mol. The van der Waals surface area contributed by atoms with Crippen LogP contribution in [0.15, 0.2) is 48.8 Å². The molecule has 0 atom stereocenters. The Morgan fingerprint density at radius 1 is 1.08 bits per heavy atom. The summed E-state index contributed by atoms with van der Waals surface area (Å²) in [6, 6.07) is 10.9. The van der Waals surface area contributed by atoms with E-state index in [1.54, 1.807) is 41.6 Å². The molecule has 2 N–H and O–H groups in total. The van der Waals surface area contributed by atoms with Gasteiger partial charge in [0.05, 0.1) is 0 Å². The van der Waals surface area contributed by atoms with Crippen LogP contribution in [0.1, 0.15) is 28.8 Å². The van der Waals surface area contributed by atoms with Crippen LogP contribution < -0.4 is 10.5 Å². The van der Waals surface area contributed by atoms with Gasteiger partial charge in [-0.15, -0.1) is 0 Å². The summed E-state index contributed by atoms with van der Waals surface area (Å²) < 4.78 is 5.71. The number of aromatic nitrogens is 1. The standard InChI is InChI=1S/C19H21N3O3/c20-18(23)15-7-11-22(12-8-15)19(24)16-1-3-17(4-2-16)25-13-14-5-9-21-10-6-14/h1-6,9-10,15H,7-8,11-13H2,(H2,20,23). The van der Waals surface area contributed by atoms with Crippen LogP contribution in [-0.4, -0.2) is 34.8 Å². The summed E-state index contributed by atoms with van der Waals surface area (Å²) in [7, 11) is 0. The molecule has 1 aromatic heterocycles. The number of carbonyl (C=O) groups excluding carboxylic acids is 2. The van der Waals surface area contributed by atoms with Crippen molar-refractivity contribution < 1.29 is 14.3 Å². The summed E-state index contributed by atoms with van der Waals surface area (Å²) in [6.45, 7) is 1.58. The van der Waals surface area contributed by atoms with Crippen LogP contribution in [0.5, 0.6) is 5.75 Å². The second-order valence-electron chi connectivity index (χ2n) is 6.14. The molecular formula is C19H21N3O3. The van der Waals surface area contributed by atoms with E-state index >= 15 is 0 Å². The number of nitrogens with two attached hydrogens (primary N) is 1. The number of nitrogens with zero attached hydrogens (tertiary/aromatic N) is 2. The molecule has 6 nitrogen and oxygen atoms in total. The van der Waals surface area contributed by atoms with Crippen molar-refractivity contribution in [2.24, 2.45) is 11.7 Å². The maximum atomic E-state index is 12.5. The van der Waals surface area contributed by atoms with Crippen molar-refractivity contribution in [1.29, 1.82) is 0 Å². The van der Waals surface area contributed by atoms with Crippen LogP contribution in [-0.2, 0) is 11.4 Å². The Labute approximate surface area is 146 Å². The molecule has 0 radical (unpaired) electrons. The third-order valence-corrected chi connectivity index (χ3v) is 4.44. The minimum Gasteiger partial charge on any atom is -0.489 e. The van der Waals surface area contributed by atoms with E-state index in [1.807, 2.05) is 12.1 Å². The quantitative estimate of drug-likeness (QED) is 0.903. The van der Waals surface area contributed by atoms with Gasteiger partial charge in [-0.1, -0.05) is 0 Å². The highest BCUT2D eigenvalue weighted by Gasteiger charge is 2.26. The summed E-state index contributed by atoms with van der Waals surface area (Å²) in [5, 5.41) is 0. The van der Waals surface area contributed by atoms with Crippen molar-refractivity contribution in [3.05, 3.63) is 59.9 Å². The summed E-state index contributed by atoms with van der Waals surface area (Å²) in [5.74, 6) is 0.292. The van der Waals surface area contributed by atoms with E-state index < -0.39 is 0 Å². The summed E-state index contributed by atoms with van der Waals surface area (Å²) in [5.41, 5.74) is 6.98. The number of hydrogen-bond donors (Lipinski definition) is 1. The van der Waals surface area contributed by atoms with E-state index in [4.69, 9.17) is 10.5 Å². The number of carbonyl (C=O) groups is 2. The number of primary amides is 1. The first-order valence-corrected chi connectivity index (χ1v) is 8.34. The summed E-state index contributed by atoms with van der Waals surface area (Å²) in [6.07, 6.45) is 4.71. The molecule has 0 bridgehead atoms. The van der Waals surface area contributed by atoms with Gasteiger partial charge in [0.25, 0.3) is 5.91 Å². The predicted octanol–water partition coefficient (Wildman–Crippen LogP) is 2.00. The van der Waals surface area contributed by atoms with Crippen LogP contribution >= 0.6 is 0 Å². The average molecular weight is 339 g/mol. The molecule has 2 amide bonds. The first-order chi connectivity index (χ1) is 12.1. The fraction of sp³-hybridized carbons (Fsp3) is 0.316. The zero-order valence-corrected chi connectivity index (χ0v) is 13.9. The lowest BCUT2D eigenvalue weighted by atomic mass is 9.96. The number of benzene rings is 1. The van der Waals surface area contributed by atoms with Crippen LogP contribution in [0.2, 0.25) is 0 Å². The highest BCUT2D eigenvalue weighted by atomic mass is 16.5. The molecule has 0 spiro atoms. The Hall–Kier alpha value is -2.89. The number of likely N-dealkylation sites (tertiary alicyclic amines) is 1. The van der Waals surface area contributed by atoms with E-state index in [1.165, 1.54) is 0 Å². The van der Waals surface area contributed by atoms with Crippen molar-refractivity contribution in [3.8, 4) is 5.75 Å². The van der Waals surface area contributed by atoms with Gasteiger partial charge in [0.15, 0.2) is 0 Å². The molecule has 1 aliphatic rings. The molecule has 130 valence electrons. The van der Waals surface area contributed by atoms with E-state index in [2.05, 4.69) is 4.98 Å². The second kappa shape index (κ2) is 7.79. The lowest BCUT2D eigenvalue weighted by Crippen LogP contribution is -2.41. The fourth-order valence-electron chi connectivity index (χ4n) is 2.89. The molecule has 0 saturated carbocycles. The normalized spacial score (nSPS) is 15.0. The van der Waals surface area contributed by atoms with Gasteiger partial charge in [0, 0.05) is 37.0 Å². The molecule has 1 aromatic carbocycles. The monoisotopic (exact) mass is 339 g/mol. The van der Waals surface area contributed by atoms with Crippen molar-refractivity contribution >= 4 is 11.8 Å². The largest absolute Gasteiger partial charge is 0.489 e. The molecule has 0 aliphatic carbocycles. The Morgan fingerprint density at radius 2 is 1.72 bits per heavy atom. The molecule has 6 heteroatoms. The first kappa shape index (κ1) is 17.0. The number of pyridine rings is 1. The highest BCUT2D eigenvalue weighted by molar-refractivity contribution is 5.94. The first-order valence-electron chi connectivity index (χ1n) is 8.34. The van der Waals surface area contributed by atoms with Gasteiger partial charge in [0.1, 0.15) is 12.4 Å². The van der Waals surface area contributed by atoms with Crippen molar-refractivity contribution in [3.63, 3.8) is 0 Å². The number of hydrogen-bond acceptors (Lipinski definition) is 4. The zero-order chi connectivity index (χ0) is 17.6. The Bertz CT molecular complexity index is 723. The van der Waals surface area contributed by atoms with E-state index in [0.717, 1.165) is 5.56 Å². The third kappa shape index (κ3) is 4.35. The van der Waals surface area contributed by atoms with E-state index in [0.29, 0.717) is 43.9 Å². The summed E-state index contributed by atoms with van der Waals surface area (Å²) >= 11 is 0. The lowest BCUT2D eigenvalue weighted by Gasteiger charge is -2.30. The number of piperidine rings is 1. The van der Waals surface area contributed by atoms with Gasteiger partial charge < -0.3 is 15.4 Å². The van der Waals surface area contributed by atoms with Crippen LogP contribution in [0.4, 0.5) is 0 Å². The van der Waals surface area contributed by atoms with Gasteiger partial charge in [0.2, 0.25) is 5.91 Å². The fourth-order valence-corrected chi connectivity index (χ4v) is 2.89. The molecule has 1 saturated heterocycles. The van der Waals surface area contributed by atoms with Crippen molar-refractivity contribution in [2.75, 3.05) is 13.1 Å². The van der Waals surface area contributed by atoms with Gasteiger partial charge in [-0.25, -0.2) is 0 Å². The minimum absolute atomic E-state index is 0.0244. The maximum absolute atomic E-state index is 12.5. The molecule has 1 aliphatic heterocycles. The minimum atomic E-state index is -0.275. The Balaban J connectivity index is 1.55. The van der Waals surface area contributed by atoms with E-state index in [9.17, 15) is 9.59 Å². The molecule has 2 heterocycles. The third-order valence-electron chi connectivity index (χ3n) is 4.44. The van der Waals surface area contributed by atoms with E-state index in [-0.39, 0.29) is 17.7 Å². The topological polar surface area (TPSA) is 85.5 Å². The Kier molecular flexibility index (Phi) is 5.28. The van der Waals surface area contributed by atoms with Crippen LogP contribution in [0.3, 0.4) is 0 Å². The summed E-state index contributed by atoms with van der Waals surface area (Å²) in [4.78, 5) is 29.5. The smallest absolute Gasteiger partial charge is 0.253 e. The van der Waals surface area contributed by atoms with Gasteiger partial charge >= 0.3 is 0 Å². The SMILES string of the molecule is NC(=O)C1CCN(C(=O)c2ccc(OCc3ccncc3)cc2)CC1. The molecule has 0 unspecified atom stereocenters. The number of rotatable bonds is 5. The lowest BCUT2D eigenvalue weighted by molar-refractivity contribution is -0.123. The number of ether oxygens (including phenoxy) is 1. The molecule has 2 aromatic rings. The van der Waals surface area contributed by atoms with Gasteiger partial charge in [-0.05, 0) is 54.8 Å². The highest BCUT2D eigenvalue weighted by Crippen LogP contribution is 2.20. The zero-order valence-electron chi connectivity index (χ0n) is 13.9. The number of amides is 2. The molecule has 25 heavy (non-hydrogen) atoms. The van der Waals surface area contributed by atoms with Gasteiger partial charge in [-0.2, -0.15) is 0 Å². The molecule has 1 fully saturated rings. The van der Waals surface area contributed by atoms with Crippen LogP contribution in [0, 0.1) is 5.92 Å². The molecular weight excluding hydrogens is 318 g/mol. The maximum Gasteiger partial charge on any atom is 0.253 e. The Morgan fingerprint density at radius 3 is 2.32 bits per heavy atom. The van der Waals surface area contributed by atoms with Crippen LogP contribution in [0.25, 0.3) is 0 Å². The second-order valence-corrected chi connectivity index (χ2v) is 6.14. The average Bonchev–Trinajstić information content (AvgIpc) is 2.67. The molecule has 3 rings (SSSR count). The van der Waals surface area contributed by atoms with Crippen molar-refractivity contribution in [1.82, 2.24) is 9.88 Å². The van der Waals surface area contributed by atoms with Crippen molar-refractivity contribution in [2.45, 2.75) is 19.4 Å². The van der Waals surface area contributed by atoms with Gasteiger partial charge in [-0.3, -0.25) is 14.6 Å².